The molecule has 1 N–H and O–H groups in total. The summed E-state index contributed by atoms with van der Waals surface area (Å²) in [5.74, 6) is 0.823. The van der Waals surface area contributed by atoms with Crippen molar-refractivity contribution in [1.29, 1.82) is 0 Å². The summed E-state index contributed by atoms with van der Waals surface area (Å²) in [7, 11) is 0. The van der Waals surface area contributed by atoms with E-state index in [0.29, 0.717) is 26.2 Å². The fraction of sp³-hybridized carbons (Fsp3) is 0.375. The van der Waals surface area contributed by atoms with Crippen LogP contribution in [0.5, 0.6) is 0 Å². The first-order valence-electron chi connectivity index (χ1n) is 7.60. The molecule has 1 amide bonds. The van der Waals surface area contributed by atoms with Crippen LogP contribution in [0.1, 0.15) is 11.3 Å². The number of hydrogen-bond donors (Lipinski definition) is 1. The molecule has 3 rings (SSSR count). The van der Waals surface area contributed by atoms with Crippen molar-refractivity contribution in [2.45, 2.75) is 13.0 Å². The summed E-state index contributed by atoms with van der Waals surface area (Å²) in [6.07, 6.45) is 5.24. The predicted octanol–water partition coefficient (Wildman–Crippen LogP) is 0.567. The van der Waals surface area contributed by atoms with Crippen LogP contribution in [0.4, 0.5) is 5.82 Å². The number of carbonyl (C=O) groups excluding carboxylic acids is 1. The van der Waals surface area contributed by atoms with E-state index in [-0.39, 0.29) is 5.91 Å². The van der Waals surface area contributed by atoms with Crippen LogP contribution in [0.15, 0.2) is 36.9 Å². The molecule has 23 heavy (non-hydrogen) atoms. The van der Waals surface area contributed by atoms with E-state index in [1.165, 1.54) is 6.33 Å². The predicted molar refractivity (Wildman–Crippen MR) is 84.9 cm³/mol. The van der Waals surface area contributed by atoms with E-state index in [0.717, 1.165) is 30.2 Å². The van der Waals surface area contributed by atoms with Gasteiger partial charge in [-0.3, -0.25) is 9.78 Å². The van der Waals surface area contributed by atoms with E-state index < -0.39 is 0 Å². The number of hydrogen-bond acceptors (Lipinski definition) is 6. The normalized spacial score (nSPS) is 14.5. The molecule has 0 aliphatic carbocycles. The van der Waals surface area contributed by atoms with E-state index in [1.807, 2.05) is 18.2 Å². The minimum Gasteiger partial charge on any atom is -0.378 e. The van der Waals surface area contributed by atoms with Crippen molar-refractivity contribution < 1.29 is 9.53 Å². The Labute approximate surface area is 134 Å². The number of aromatic nitrogens is 3. The zero-order valence-electron chi connectivity index (χ0n) is 12.8. The Balaban J connectivity index is 1.54. The van der Waals surface area contributed by atoms with Gasteiger partial charge in [-0.1, -0.05) is 6.07 Å². The van der Waals surface area contributed by atoms with Crippen LogP contribution in [0.25, 0.3) is 0 Å². The monoisotopic (exact) mass is 313 g/mol. The van der Waals surface area contributed by atoms with Crippen LogP contribution < -0.4 is 10.2 Å². The van der Waals surface area contributed by atoms with Gasteiger partial charge in [0.2, 0.25) is 5.91 Å². The molecule has 0 spiro atoms. The van der Waals surface area contributed by atoms with E-state index in [9.17, 15) is 4.79 Å². The fourth-order valence-electron chi connectivity index (χ4n) is 2.39. The first-order chi connectivity index (χ1) is 11.3. The number of nitrogens with one attached hydrogen (secondary N) is 1. The third-order valence-electron chi connectivity index (χ3n) is 3.60. The van der Waals surface area contributed by atoms with E-state index >= 15 is 0 Å². The zero-order chi connectivity index (χ0) is 15.9. The molecule has 1 aliphatic heterocycles. The lowest BCUT2D eigenvalue weighted by Crippen LogP contribution is -2.37. The maximum absolute atomic E-state index is 12.0. The highest BCUT2D eigenvalue weighted by atomic mass is 16.5. The maximum atomic E-state index is 12.0. The Bertz CT molecular complexity index is 644. The fourth-order valence-corrected chi connectivity index (χ4v) is 2.39. The van der Waals surface area contributed by atoms with E-state index in [1.54, 1.807) is 12.4 Å². The summed E-state index contributed by atoms with van der Waals surface area (Å²) < 4.78 is 5.34. The number of ether oxygens (including phenoxy) is 1. The molecule has 0 unspecified atom stereocenters. The van der Waals surface area contributed by atoms with Gasteiger partial charge in [-0.2, -0.15) is 0 Å². The lowest BCUT2D eigenvalue weighted by Gasteiger charge is -2.27. The molecule has 0 saturated carbocycles. The van der Waals surface area contributed by atoms with Gasteiger partial charge >= 0.3 is 0 Å². The summed E-state index contributed by atoms with van der Waals surface area (Å²) in [5, 5.41) is 2.88. The quantitative estimate of drug-likeness (QED) is 0.869. The highest BCUT2D eigenvalue weighted by Gasteiger charge is 2.13. The van der Waals surface area contributed by atoms with Crippen molar-refractivity contribution in [2.24, 2.45) is 0 Å². The number of rotatable bonds is 5. The molecular formula is C16H19N5O2. The molecular weight excluding hydrogens is 294 g/mol. The lowest BCUT2D eigenvalue weighted by atomic mass is 10.2. The summed E-state index contributed by atoms with van der Waals surface area (Å²) in [4.78, 5) is 26.6. The van der Waals surface area contributed by atoms with Crippen LogP contribution in [0.3, 0.4) is 0 Å². The van der Waals surface area contributed by atoms with Crippen molar-refractivity contribution in [1.82, 2.24) is 20.3 Å². The Hall–Kier alpha value is -2.54. The summed E-state index contributed by atoms with van der Waals surface area (Å²) >= 11 is 0. The van der Waals surface area contributed by atoms with E-state index in [2.05, 4.69) is 25.2 Å². The number of amides is 1. The second-order valence-corrected chi connectivity index (χ2v) is 5.28. The molecule has 2 aromatic rings. The highest BCUT2D eigenvalue weighted by Crippen LogP contribution is 2.12. The first kappa shape index (κ1) is 15.4. The molecule has 0 aromatic carbocycles. The van der Waals surface area contributed by atoms with Crippen molar-refractivity contribution in [3.05, 3.63) is 48.2 Å². The van der Waals surface area contributed by atoms with Crippen LogP contribution in [0.2, 0.25) is 0 Å². The highest BCUT2D eigenvalue weighted by molar-refractivity contribution is 5.78. The molecule has 1 aliphatic rings. The Kier molecular flexibility index (Phi) is 5.10. The van der Waals surface area contributed by atoms with Gasteiger partial charge in [-0.25, -0.2) is 9.97 Å². The Morgan fingerprint density at radius 1 is 1.30 bits per heavy atom. The largest absolute Gasteiger partial charge is 0.378 e. The second kappa shape index (κ2) is 7.64. The van der Waals surface area contributed by atoms with Gasteiger partial charge in [0.25, 0.3) is 0 Å². The van der Waals surface area contributed by atoms with Crippen molar-refractivity contribution in [2.75, 3.05) is 31.2 Å². The van der Waals surface area contributed by atoms with Gasteiger partial charge in [0.1, 0.15) is 12.1 Å². The molecule has 0 atom stereocenters. The number of pyridine rings is 1. The zero-order valence-corrected chi connectivity index (χ0v) is 12.8. The molecule has 120 valence electrons. The summed E-state index contributed by atoms with van der Waals surface area (Å²) in [5.41, 5.74) is 1.68. The van der Waals surface area contributed by atoms with Gasteiger partial charge < -0.3 is 15.0 Å². The molecule has 2 aromatic heterocycles. The second-order valence-electron chi connectivity index (χ2n) is 5.28. The minimum atomic E-state index is -0.0514. The number of carbonyl (C=O) groups is 1. The van der Waals surface area contributed by atoms with Crippen molar-refractivity contribution in [3.8, 4) is 0 Å². The van der Waals surface area contributed by atoms with Gasteiger partial charge in [0.15, 0.2) is 0 Å². The number of morpholine rings is 1. The Morgan fingerprint density at radius 3 is 2.96 bits per heavy atom. The standard InChI is InChI=1S/C16H19N5O2/c22-16(8-13-2-1-3-17-10-13)18-11-14-9-15(20-12-19-14)21-4-6-23-7-5-21/h1-3,9-10,12H,4-8,11H2,(H,18,22). The van der Waals surface area contributed by atoms with Crippen LogP contribution >= 0.6 is 0 Å². The maximum Gasteiger partial charge on any atom is 0.224 e. The average Bonchev–Trinajstić information content (AvgIpc) is 2.62. The van der Waals surface area contributed by atoms with Crippen molar-refractivity contribution >= 4 is 11.7 Å². The van der Waals surface area contributed by atoms with Gasteiger partial charge in [-0.15, -0.1) is 0 Å². The average molecular weight is 313 g/mol. The SMILES string of the molecule is O=C(Cc1cccnc1)NCc1cc(N2CCOCC2)ncn1. The smallest absolute Gasteiger partial charge is 0.224 e. The van der Waals surface area contributed by atoms with Gasteiger partial charge in [0, 0.05) is 31.5 Å². The number of nitrogens with zero attached hydrogens (tertiary/aromatic N) is 4. The topological polar surface area (TPSA) is 80.2 Å². The molecule has 1 saturated heterocycles. The van der Waals surface area contributed by atoms with Crippen LogP contribution in [-0.4, -0.2) is 47.2 Å². The third kappa shape index (κ3) is 4.46. The summed E-state index contributed by atoms with van der Waals surface area (Å²) in [6.45, 7) is 3.45. The van der Waals surface area contributed by atoms with Crippen LogP contribution in [-0.2, 0) is 22.5 Å². The van der Waals surface area contributed by atoms with Gasteiger partial charge in [0.05, 0.1) is 31.9 Å². The minimum absolute atomic E-state index is 0.0514. The lowest BCUT2D eigenvalue weighted by molar-refractivity contribution is -0.120. The molecule has 7 heteroatoms. The molecule has 3 heterocycles. The molecule has 7 nitrogen and oxygen atoms in total. The Morgan fingerprint density at radius 2 is 2.17 bits per heavy atom. The van der Waals surface area contributed by atoms with Crippen LogP contribution in [0, 0.1) is 0 Å². The third-order valence-corrected chi connectivity index (χ3v) is 3.60. The number of anilines is 1. The molecule has 0 bridgehead atoms. The molecule has 0 radical (unpaired) electrons. The summed E-state index contributed by atoms with van der Waals surface area (Å²) in [6, 6.07) is 5.62. The van der Waals surface area contributed by atoms with Gasteiger partial charge in [-0.05, 0) is 11.6 Å². The van der Waals surface area contributed by atoms with E-state index in [4.69, 9.17) is 4.74 Å². The van der Waals surface area contributed by atoms with Crippen molar-refractivity contribution in [3.63, 3.8) is 0 Å². The molecule has 1 fully saturated rings. The first-order valence-corrected chi connectivity index (χ1v) is 7.60.